The maximum Gasteiger partial charge on any atom is 0.0887 e. The van der Waals surface area contributed by atoms with Gasteiger partial charge in [0.2, 0.25) is 0 Å². The van der Waals surface area contributed by atoms with Crippen molar-refractivity contribution >= 4 is 5.69 Å². The second-order valence-corrected chi connectivity index (χ2v) is 2.45. The van der Waals surface area contributed by atoms with Crippen molar-refractivity contribution in [1.29, 1.82) is 0 Å². The van der Waals surface area contributed by atoms with E-state index >= 15 is 0 Å². The molecular weight excluding hydrogens is 152 g/mol. The van der Waals surface area contributed by atoms with Gasteiger partial charge >= 0.3 is 0 Å². The van der Waals surface area contributed by atoms with Crippen molar-refractivity contribution in [2.24, 2.45) is 0 Å². The number of aliphatic hydroxyl groups excluding tert-OH is 1. The highest BCUT2D eigenvalue weighted by molar-refractivity contribution is 5.43. The van der Waals surface area contributed by atoms with E-state index in [9.17, 15) is 0 Å². The first kappa shape index (κ1) is 9.00. The van der Waals surface area contributed by atoms with E-state index in [4.69, 9.17) is 5.11 Å². The van der Waals surface area contributed by atoms with Gasteiger partial charge in [-0.3, -0.25) is 4.98 Å². The van der Waals surface area contributed by atoms with Crippen molar-refractivity contribution in [3.8, 4) is 0 Å². The zero-order valence-electron chi connectivity index (χ0n) is 7.20. The Labute approximate surface area is 72.7 Å². The summed E-state index contributed by atoms with van der Waals surface area (Å²) in [6, 6.07) is 3.71. The molecule has 3 heteroatoms. The van der Waals surface area contributed by atoms with Crippen LogP contribution in [0.4, 0.5) is 5.69 Å². The summed E-state index contributed by atoms with van der Waals surface area (Å²) in [6.45, 7) is 3.76. The molecular formula is C9H13N2O. The minimum absolute atomic E-state index is 0.173. The van der Waals surface area contributed by atoms with Gasteiger partial charge in [0, 0.05) is 13.1 Å². The van der Waals surface area contributed by atoms with Crippen LogP contribution < -0.4 is 4.90 Å². The molecule has 1 N–H and O–H groups in total. The molecule has 0 aromatic carbocycles. The number of hydrogen-bond donors (Lipinski definition) is 1. The van der Waals surface area contributed by atoms with Gasteiger partial charge in [0.1, 0.15) is 0 Å². The largest absolute Gasteiger partial charge is 0.395 e. The average molecular weight is 165 g/mol. The molecule has 0 bridgehead atoms. The van der Waals surface area contributed by atoms with E-state index in [0.29, 0.717) is 6.54 Å². The second kappa shape index (κ2) is 4.72. The van der Waals surface area contributed by atoms with Crippen LogP contribution in [0.5, 0.6) is 0 Å². The highest BCUT2D eigenvalue weighted by atomic mass is 16.3. The molecule has 0 fully saturated rings. The molecule has 0 unspecified atom stereocenters. The molecule has 3 nitrogen and oxygen atoms in total. The molecule has 0 amide bonds. The van der Waals surface area contributed by atoms with Crippen LogP contribution in [0.3, 0.4) is 0 Å². The van der Waals surface area contributed by atoms with Gasteiger partial charge in [0.05, 0.1) is 24.7 Å². The quantitative estimate of drug-likeness (QED) is 0.713. The molecule has 12 heavy (non-hydrogen) atoms. The first-order valence-electron chi connectivity index (χ1n) is 4.06. The minimum atomic E-state index is 0.173. The van der Waals surface area contributed by atoms with Crippen LogP contribution in [-0.4, -0.2) is 29.8 Å². The molecule has 1 rings (SSSR count). The van der Waals surface area contributed by atoms with Gasteiger partial charge in [0.25, 0.3) is 0 Å². The maximum atomic E-state index is 8.76. The van der Waals surface area contributed by atoms with Crippen LogP contribution >= 0.6 is 0 Å². The lowest BCUT2D eigenvalue weighted by atomic mass is 10.3. The van der Waals surface area contributed by atoms with Crippen molar-refractivity contribution in [1.82, 2.24) is 4.98 Å². The lowest BCUT2D eigenvalue weighted by molar-refractivity contribution is 0.302. The fourth-order valence-electron chi connectivity index (χ4n) is 1.09. The summed E-state index contributed by atoms with van der Waals surface area (Å²) >= 11 is 0. The molecule has 65 valence electrons. The minimum Gasteiger partial charge on any atom is -0.395 e. The molecule has 0 aliphatic heterocycles. The molecule has 1 aromatic heterocycles. The molecule has 1 heterocycles. The number of nitrogens with zero attached hydrogens (tertiary/aromatic N) is 2. The number of likely N-dealkylation sites (N-methyl/N-ethyl adjacent to an activating group) is 1. The highest BCUT2D eigenvalue weighted by Crippen LogP contribution is 2.09. The Bertz CT molecular complexity index is 213. The molecule has 0 aliphatic rings. The van der Waals surface area contributed by atoms with Gasteiger partial charge in [0.15, 0.2) is 0 Å². The van der Waals surface area contributed by atoms with Gasteiger partial charge in [-0.15, -0.1) is 0 Å². The average Bonchev–Trinajstić information content (AvgIpc) is 2.15. The normalized spacial score (nSPS) is 9.83. The Hall–Kier alpha value is -1.09. The molecule has 1 aromatic rings. The number of anilines is 1. The predicted molar refractivity (Wildman–Crippen MR) is 48.0 cm³/mol. The maximum absolute atomic E-state index is 8.76. The zero-order valence-corrected chi connectivity index (χ0v) is 7.20. The van der Waals surface area contributed by atoms with Gasteiger partial charge in [-0.1, -0.05) is 0 Å². The third-order valence-corrected chi connectivity index (χ3v) is 1.72. The summed E-state index contributed by atoms with van der Waals surface area (Å²) < 4.78 is 0. The molecule has 0 aliphatic carbocycles. The predicted octanol–water partition coefficient (Wildman–Crippen LogP) is 0.700. The molecule has 0 atom stereocenters. The van der Waals surface area contributed by atoms with Crippen LogP contribution in [0, 0.1) is 6.20 Å². The van der Waals surface area contributed by atoms with Crippen LogP contribution in [0.25, 0.3) is 0 Å². The molecule has 1 radical (unpaired) electrons. The van der Waals surface area contributed by atoms with Gasteiger partial charge in [-0.25, -0.2) is 0 Å². The number of rotatable bonds is 4. The summed E-state index contributed by atoms with van der Waals surface area (Å²) in [4.78, 5) is 5.94. The Morgan fingerprint density at radius 1 is 1.67 bits per heavy atom. The Morgan fingerprint density at radius 2 is 2.50 bits per heavy atom. The Balaban J connectivity index is 2.66. The lowest BCUT2D eigenvalue weighted by Gasteiger charge is -2.20. The topological polar surface area (TPSA) is 36.4 Å². The smallest absolute Gasteiger partial charge is 0.0887 e. The summed E-state index contributed by atoms with van der Waals surface area (Å²) in [5.74, 6) is 0. The summed E-state index contributed by atoms with van der Waals surface area (Å²) in [6.07, 6.45) is 4.46. The van der Waals surface area contributed by atoms with Crippen molar-refractivity contribution in [2.45, 2.75) is 6.92 Å². The van der Waals surface area contributed by atoms with Crippen LogP contribution in [0.2, 0.25) is 0 Å². The molecule has 0 spiro atoms. The van der Waals surface area contributed by atoms with E-state index in [1.807, 2.05) is 13.0 Å². The van der Waals surface area contributed by atoms with Crippen molar-refractivity contribution in [3.63, 3.8) is 0 Å². The van der Waals surface area contributed by atoms with Crippen LogP contribution in [0.1, 0.15) is 6.92 Å². The second-order valence-electron chi connectivity index (χ2n) is 2.45. The van der Waals surface area contributed by atoms with E-state index in [2.05, 4.69) is 16.1 Å². The SMILES string of the molecule is CCN(CCO)c1cc[c]nc1. The number of aromatic nitrogens is 1. The summed E-state index contributed by atoms with van der Waals surface area (Å²) in [5.41, 5.74) is 1.03. The Kier molecular flexibility index (Phi) is 3.54. The molecule has 0 saturated heterocycles. The first-order chi connectivity index (χ1) is 5.88. The fraction of sp³-hybridized carbons (Fsp3) is 0.444. The van der Waals surface area contributed by atoms with Crippen LogP contribution in [0.15, 0.2) is 18.3 Å². The highest BCUT2D eigenvalue weighted by Gasteiger charge is 2.01. The number of aliphatic hydroxyl groups is 1. The van der Waals surface area contributed by atoms with E-state index in [1.165, 1.54) is 0 Å². The number of pyridine rings is 1. The molecule has 0 saturated carbocycles. The monoisotopic (exact) mass is 165 g/mol. The van der Waals surface area contributed by atoms with Gasteiger partial charge in [-0.05, 0) is 19.1 Å². The van der Waals surface area contributed by atoms with E-state index in [0.717, 1.165) is 12.2 Å². The van der Waals surface area contributed by atoms with E-state index < -0.39 is 0 Å². The Morgan fingerprint density at radius 3 is 3.00 bits per heavy atom. The third-order valence-electron chi connectivity index (χ3n) is 1.72. The summed E-state index contributed by atoms with van der Waals surface area (Å²) in [7, 11) is 0. The van der Waals surface area contributed by atoms with E-state index in [-0.39, 0.29) is 6.61 Å². The standard InChI is InChI=1S/C9H13N2O/c1-2-11(6-7-12)9-4-3-5-10-8-9/h3-4,8,12H,2,6-7H2,1H3. The van der Waals surface area contributed by atoms with Crippen molar-refractivity contribution < 1.29 is 5.11 Å². The first-order valence-corrected chi connectivity index (χ1v) is 4.06. The third kappa shape index (κ3) is 2.20. The van der Waals surface area contributed by atoms with E-state index in [1.54, 1.807) is 12.3 Å². The van der Waals surface area contributed by atoms with Gasteiger partial charge < -0.3 is 10.0 Å². The van der Waals surface area contributed by atoms with Crippen LogP contribution in [-0.2, 0) is 0 Å². The lowest BCUT2D eigenvalue weighted by Crippen LogP contribution is -2.26. The number of hydrogen-bond acceptors (Lipinski definition) is 3. The van der Waals surface area contributed by atoms with Crippen molar-refractivity contribution in [3.05, 3.63) is 24.5 Å². The fourth-order valence-corrected chi connectivity index (χ4v) is 1.09. The van der Waals surface area contributed by atoms with Gasteiger partial charge in [-0.2, -0.15) is 0 Å². The summed E-state index contributed by atoms with van der Waals surface area (Å²) in [5, 5.41) is 8.76. The van der Waals surface area contributed by atoms with Crippen molar-refractivity contribution in [2.75, 3.05) is 24.6 Å². The zero-order chi connectivity index (χ0) is 8.81.